The van der Waals surface area contributed by atoms with E-state index in [1.54, 1.807) is 54.4 Å². The Labute approximate surface area is 205 Å². The monoisotopic (exact) mass is 486 g/mol. The molecule has 0 unspecified atom stereocenters. The number of benzene rings is 3. The van der Waals surface area contributed by atoms with Crippen LogP contribution in [0.25, 0.3) is 5.65 Å². The van der Waals surface area contributed by atoms with E-state index in [9.17, 15) is 5.11 Å². The lowest BCUT2D eigenvalue weighted by Gasteiger charge is -2.28. The molecule has 0 amide bonds. The molecule has 1 N–H and O–H groups in total. The number of phenolic OH excluding ortho intramolecular Hbond substituents is 1. The van der Waals surface area contributed by atoms with Crippen LogP contribution in [0.2, 0.25) is 5.02 Å². The molecule has 1 atom stereocenters. The lowest BCUT2D eigenvalue weighted by molar-refractivity contribution is 0.296. The van der Waals surface area contributed by atoms with E-state index in [-0.39, 0.29) is 18.3 Å². The van der Waals surface area contributed by atoms with Crippen LogP contribution in [-0.2, 0) is 6.61 Å². The molecule has 3 heterocycles. The molecule has 8 nitrogen and oxygen atoms in total. The Bertz CT molecular complexity index is 1530. The number of rotatable bonds is 5. The van der Waals surface area contributed by atoms with Crippen LogP contribution in [0.5, 0.6) is 28.9 Å². The Hall–Kier alpha value is -4.30. The highest BCUT2D eigenvalue weighted by Gasteiger charge is 2.33. The second-order valence-electron chi connectivity index (χ2n) is 8.03. The van der Waals surface area contributed by atoms with E-state index >= 15 is 0 Å². The molecule has 0 spiro atoms. The minimum Gasteiger partial charge on any atom is -0.508 e. The number of aromatic nitrogens is 4. The minimum absolute atomic E-state index is 0.117. The Kier molecular flexibility index (Phi) is 5.15. The first-order chi connectivity index (χ1) is 17.1. The van der Waals surface area contributed by atoms with Gasteiger partial charge in [-0.2, -0.15) is 0 Å². The second-order valence-corrected chi connectivity index (χ2v) is 8.47. The summed E-state index contributed by atoms with van der Waals surface area (Å²) in [5, 5.41) is 15.2. The van der Waals surface area contributed by atoms with E-state index in [0.717, 1.165) is 22.4 Å². The summed E-state index contributed by atoms with van der Waals surface area (Å²) in [5.41, 5.74) is 3.28. The Morgan fingerprint density at radius 1 is 1.03 bits per heavy atom. The number of ether oxygens (including phenoxy) is 3. The maximum Gasteiger partial charge on any atom is 0.228 e. The molecule has 0 bridgehead atoms. The molecular formula is C26H19ClN4O4. The zero-order chi connectivity index (χ0) is 23.9. The number of fused-ring (bicyclic) bond motifs is 4. The predicted octanol–water partition coefficient (Wildman–Crippen LogP) is 5.36. The summed E-state index contributed by atoms with van der Waals surface area (Å²) >= 11 is 5.95. The van der Waals surface area contributed by atoms with E-state index in [2.05, 4.69) is 10.1 Å². The largest absolute Gasteiger partial charge is 0.508 e. The molecule has 3 aromatic carbocycles. The van der Waals surface area contributed by atoms with E-state index in [4.69, 9.17) is 30.8 Å². The van der Waals surface area contributed by atoms with E-state index in [0.29, 0.717) is 33.9 Å². The van der Waals surface area contributed by atoms with Crippen molar-refractivity contribution in [3.63, 3.8) is 0 Å². The van der Waals surface area contributed by atoms with Gasteiger partial charge in [0.1, 0.15) is 35.9 Å². The molecule has 0 fully saturated rings. The zero-order valence-corrected chi connectivity index (χ0v) is 19.3. The summed E-state index contributed by atoms with van der Waals surface area (Å²) in [4.78, 5) is 9.27. The van der Waals surface area contributed by atoms with Crippen LogP contribution in [-0.4, -0.2) is 31.8 Å². The lowest BCUT2D eigenvalue weighted by Crippen LogP contribution is -2.15. The van der Waals surface area contributed by atoms with Gasteiger partial charge in [0.15, 0.2) is 11.5 Å². The van der Waals surface area contributed by atoms with Crippen molar-refractivity contribution in [3.8, 4) is 28.9 Å². The second kappa shape index (κ2) is 8.48. The number of hydrogen-bond acceptors (Lipinski definition) is 7. The van der Waals surface area contributed by atoms with Crippen LogP contribution in [0.3, 0.4) is 0 Å². The molecule has 174 valence electrons. The summed E-state index contributed by atoms with van der Waals surface area (Å²) in [7, 11) is 1.63. The number of nitrogens with zero attached hydrogens (tertiary/aromatic N) is 4. The Balaban J connectivity index is 1.44. The van der Waals surface area contributed by atoms with Crippen LogP contribution >= 0.6 is 11.6 Å². The number of halogens is 1. The Morgan fingerprint density at radius 3 is 2.57 bits per heavy atom. The van der Waals surface area contributed by atoms with Crippen molar-refractivity contribution in [2.75, 3.05) is 7.11 Å². The maximum atomic E-state index is 10.0. The first kappa shape index (κ1) is 21.2. The highest BCUT2D eigenvalue weighted by atomic mass is 35.5. The van der Waals surface area contributed by atoms with Crippen molar-refractivity contribution in [2.24, 2.45) is 0 Å². The average Bonchev–Trinajstić information content (AvgIpc) is 3.30. The molecule has 0 aliphatic carbocycles. The van der Waals surface area contributed by atoms with Gasteiger partial charge in [0, 0.05) is 22.6 Å². The standard InChI is InChI=1S/C26H19ClN4O4/c1-33-18-7-2-15(3-8-18)23-20-11-6-17(32)12-21(20)35-26-24(23)25-29-22(30-31(25)14-28-26)13-34-19-9-4-16(27)5-10-19/h2-12,14,23,32H,13H2,1H3/t23-/m1/s1. The topological polar surface area (TPSA) is 91.0 Å². The van der Waals surface area contributed by atoms with E-state index in [1.165, 1.54) is 0 Å². The van der Waals surface area contributed by atoms with Gasteiger partial charge in [-0.1, -0.05) is 29.8 Å². The third-order valence-corrected chi connectivity index (χ3v) is 6.12. The van der Waals surface area contributed by atoms with Gasteiger partial charge >= 0.3 is 0 Å². The maximum absolute atomic E-state index is 10.0. The molecule has 2 aromatic heterocycles. The number of phenols is 1. The van der Waals surface area contributed by atoms with Crippen molar-refractivity contribution >= 4 is 17.2 Å². The first-order valence-corrected chi connectivity index (χ1v) is 11.2. The zero-order valence-electron chi connectivity index (χ0n) is 18.6. The molecule has 5 aromatic rings. The third kappa shape index (κ3) is 3.87. The molecular weight excluding hydrogens is 468 g/mol. The SMILES string of the molecule is COc1ccc([C@@H]2c3ccc(O)cc3Oc3ncn4nc(COc5ccc(Cl)cc5)nc4c32)cc1. The van der Waals surface area contributed by atoms with Gasteiger partial charge in [0.05, 0.1) is 12.7 Å². The number of hydrogen-bond donors (Lipinski definition) is 1. The number of methoxy groups -OCH3 is 1. The van der Waals surface area contributed by atoms with Gasteiger partial charge in [-0.05, 0) is 48.0 Å². The van der Waals surface area contributed by atoms with Gasteiger partial charge < -0.3 is 19.3 Å². The molecule has 35 heavy (non-hydrogen) atoms. The van der Waals surface area contributed by atoms with Crippen molar-refractivity contribution in [1.82, 2.24) is 19.6 Å². The molecule has 1 aliphatic rings. The summed E-state index contributed by atoms with van der Waals surface area (Å²) in [6.07, 6.45) is 1.56. The Morgan fingerprint density at radius 2 is 1.80 bits per heavy atom. The predicted molar refractivity (Wildman–Crippen MR) is 129 cm³/mol. The third-order valence-electron chi connectivity index (χ3n) is 5.86. The molecule has 6 rings (SSSR count). The summed E-state index contributed by atoms with van der Waals surface area (Å²) < 4.78 is 18.9. The molecule has 0 saturated carbocycles. The fourth-order valence-electron chi connectivity index (χ4n) is 4.23. The van der Waals surface area contributed by atoms with E-state index < -0.39 is 0 Å². The van der Waals surface area contributed by atoms with Gasteiger partial charge in [0.25, 0.3) is 0 Å². The minimum atomic E-state index is -0.245. The van der Waals surface area contributed by atoms with Crippen LogP contribution in [0, 0.1) is 0 Å². The van der Waals surface area contributed by atoms with E-state index in [1.807, 2.05) is 30.3 Å². The van der Waals surface area contributed by atoms with Gasteiger partial charge in [0.2, 0.25) is 5.88 Å². The lowest BCUT2D eigenvalue weighted by atomic mass is 9.84. The molecule has 0 radical (unpaired) electrons. The van der Waals surface area contributed by atoms with Crippen LogP contribution in [0.15, 0.2) is 73.1 Å². The molecule has 9 heteroatoms. The fraction of sp³-hybridized carbons (Fsp3) is 0.115. The highest BCUT2D eigenvalue weighted by molar-refractivity contribution is 6.30. The first-order valence-electron chi connectivity index (χ1n) is 10.9. The van der Waals surface area contributed by atoms with Crippen LogP contribution < -0.4 is 14.2 Å². The number of aromatic hydroxyl groups is 1. The average molecular weight is 487 g/mol. The van der Waals surface area contributed by atoms with Crippen molar-refractivity contribution < 1.29 is 19.3 Å². The van der Waals surface area contributed by atoms with Crippen LogP contribution in [0.4, 0.5) is 0 Å². The quantitative estimate of drug-likeness (QED) is 0.351. The highest BCUT2D eigenvalue weighted by Crippen LogP contribution is 2.48. The summed E-state index contributed by atoms with van der Waals surface area (Å²) in [6, 6.07) is 20.0. The van der Waals surface area contributed by atoms with Gasteiger partial charge in [-0.25, -0.2) is 14.5 Å². The molecule has 1 aliphatic heterocycles. The van der Waals surface area contributed by atoms with Crippen molar-refractivity contribution in [2.45, 2.75) is 12.5 Å². The summed E-state index contributed by atoms with van der Waals surface area (Å²) in [5.74, 6) is 2.75. The van der Waals surface area contributed by atoms with Gasteiger partial charge in [-0.15, -0.1) is 5.10 Å². The van der Waals surface area contributed by atoms with Crippen molar-refractivity contribution in [3.05, 3.63) is 101 Å². The summed E-state index contributed by atoms with van der Waals surface area (Å²) in [6.45, 7) is 0.177. The fourth-order valence-corrected chi connectivity index (χ4v) is 4.36. The van der Waals surface area contributed by atoms with Gasteiger partial charge in [-0.3, -0.25) is 0 Å². The normalized spacial score (nSPS) is 14.2. The van der Waals surface area contributed by atoms with Crippen molar-refractivity contribution in [1.29, 1.82) is 0 Å². The smallest absolute Gasteiger partial charge is 0.228 e. The van der Waals surface area contributed by atoms with Crippen LogP contribution in [0.1, 0.15) is 28.4 Å². The molecule has 0 saturated heterocycles.